The van der Waals surface area contributed by atoms with Crippen LogP contribution in [-0.4, -0.2) is 40.3 Å². The van der Waals surface area contributed by atoms with E-state index in [0.717, 1.165) is 39.9 Å². The molecule has 2 aromatic carbocycles. The number of amides is 1. The zero-order valence-corrected chi connectivity index (χ0v) is 18.2. The molecular formula is C25H28N4O2. The highest BCUT2D eigenvalue weighted by Crippen LogP contribution is 2.26. The van der Waals surface area contributed by atoms with E-state index >= 15 is 0 Å². The summed E-state index contributed by atoms with van der Waals surface area (Å²) in [5.74, 6) is 0.232. The van der Waals surface area contributed by atoms with Crippen LogP contribution in [0.25, 0.3) is 11.1 Å². The zero-order valence-electron chi connectivity index (χ0n) is 18.2. The Balaban J connectivity index is 1.59. The van der Waals surface area contributed by atoms with Gasteiger partial charge in [-0.25, -0.2) is 0 Å². The summed E-state index contributed by atoms with van der Waals surface area (Å²) in [7, 11) is 1.78. The number of aryl methyl sites for hydroxylation is 1. The Kier molecular flexibility index (Phi) is 7.38. The first-order valence-electron chi connectivity index (χ1n) is 10.3. The second-order valence-electron chi connectivity index (χ2n) is 7.41. The van der Waals surface area contributed by atoms with Gasteiger partial charge in [-0.3, -0.25) is 14.8 Å². The minimum Gasteiger partial charge on any atom is -0.508 e. The molecule has 0 saturated heterocycles. The van der Waals surface area contributed by atoms with Crippen molar-refractivity contribution in [1.82, 2.24) is 15.3 Å². The van der Waals surface area contributed by atoms with Gasteiger partial charge in [0.15, 0.2) is 0 Å². The topological polar surface area (TPSA) is 77.8 Å². The van der Waals surface area contributed by atoms with Crippen molar-refractivity contribution in [3.63, 3.8) is 0 Å². The number of benzene rings is 2. The Hall–Kier alpha value is -3.67. The van der Waals surface area contributed by atoms with Gasteiger partial charge in [0, 0.05) is 26.0 Å². The van der Waals surface area contributed by atoms with Crippen LogP contribution in [0, 0.1) is 0 Å². The summed E-state index contributed by atoms with van der Waals surface area (Å²) in [6.45, 7) is 4.57. The van der Waals surface area contributed by atoms with E-state index in [-0.39, 0.29) is 12.5 Å². The van der Waals surface area contributed by atoms with Gasteiger partial charge in [-0.05, 0) is 59.4 Å². The molecule has 31 heavy (non-hydrogen) atoms. The van der Waals surface area contributed by atoms with Gasteiger partial charge in [0.05, 0.1) is 5.71 Å². The van der Waals surface area contributed by atoms with Crippen LogP contribution in [0.1, 0.15) is 30.5 Å². The monoisotopic (exact) mass is 416 g/mol. The highest BCUT2D eigenvalue weighted by molar-refractivity contribution is 5.99. The molecule has 1 heterocycles. The highest BCUT2D eigenvalue weighted by atomic mass is 16.3. The van der Waals surface area contributed by atoms with Crippen LogP contribution in [0.2, 0.25) is 0 Å². The SMILES string of the molecule is CCc1cc(-c2ccc(/C(C)=N/N(C)CC(=O)NCc3cccnc3)cc2)ccc1O. The molecule has 2 N–H and O–H groups in total. The molecule has 0 spiro atoms. The summed E-state index contributed by atoms with van der Waals surface area (Å²) in [4.78, 5) is 16.2. The normalized spacial score (nSPS) is 11.3. The van der Waals surface area contributed by atoms with Gasteiger partial charge in [-0.15, -0.1) is 0 Å². The number of phenols is 1. The number of aromatic nitrogens is 1. The maximum Gasteiger partial charge on any atom is 0.241 e. The van der Waals surface area contributed by atoms with Crippen LogP contribution in [0.4, 0.5) is 0 Å². The van der Waals surface area contributed by atoms with E-state index in [0.29, 0.717) is 12.3 Å². The number of phenolic OH excluding ortho intramolecular Hbond substituents is 1. The lowest BCUT2D eigenvalue weighted by molar-refractivity contribution is -0.122. The van der Waals surface area contributed by atoms with E-state index < -0.39 is 0 Å². The van der Waals surface area contributed by atoms with Gasteiger partial charge in [-0.1, -0.05) is 43.3 Å². The molecule has 0 aliphatic heterocycles. The number of carbonyl (C=O) groups excluding carboxylic acids is 1. The van der Waals surface area contributed by atoms with Gasteiger partial charge < -0.3 is 10.4 Å². The van der Waals surface area contributed by atoms with Gasteiger partial charge in [0.1, 0.15) is 12.3 Å². The van der Waals surface area contributed by atoms with Gasteiger partial charge >= 0.3 is 0 Å². The molecule has 0 aliphatic rings. The van der Waals surface area contributed by atoms with Gasteiger partial charge in [0.2, 0.25) is 5.91 Å². The average Bonchev–Trinajstić information content (AvgIpc) is 2.78. The Labute approximate surface area is 183 Å². The number of aromatic hydroxyl groups is 1. The van der Waals surface area contributed by atoms with E-state index in [1.807, 2.05) is 62.4 Å². The molecule has 0 saturated carbocycles. The van der Waals surface area contributed by atoms with Crippen molar-refractivity contribution in [2.45, 2.75) is 26.8 Å². The maximum absolute atomic E-state index is 12.2. The van der Waals surface area contributed by atoms with Crippen molar-refractivity contribution in [1.29, 1.82) is 0 Å². The first kappa shape index (κ1) is 22.0. The average molecular weight is 417 g/mol. The van der Waals surface area contributed by atoms with Crippen LogP contribution >= 0.6 is 0 Å². The highest BCUT2D eigenvalue weighted by Gasteiger charge is 2.07. The number of likely N-dealkylation sites (N-methyl/N-ethyl adjacent to an activating group) is 1. The number of nitrogens with one attached hydrogen (secondary N) is 1. The minimum atomic E-state index is -0.0997. The van der Waals surface area contributed by atoms with Crippen molar-refractivity contribution < 1.29 is 9.90 Å². The molecule has 1 aromatic heterocycles. The first-order chi connectivity index (χ1) is 15.0. The van der Waals surface area contributed by atoms with Crippen LogP contribution in [0.5, 0.6) is 5.75 Å². The van der Waals surface area contributed by atoms with Crippen LogP contribution in [-0.2, 0) is 17.8 Å². The standard InChI is InChI=1S/C25H28N4O2/c1-4-20-14-23(11-12-24(20)30)22-9-7-21(8-10-22)18(2)28-29(3)17-25(31)27-16-19-6-5-13-26-15-19/h5-15,30H,4,16-17H2,1-3H3,(H,27,31)/b28-18+. The van der Waals surface area contributed by atoms with Crippen molar-refractivity contribution in [2.75, 3.05) is 13.6 Å². The molecular weight excluding hydrogens is 388 g/mol. The predicted octanol–water partition coefficient (Wildman–Crippen LogP) is 3.99. The summed E-state index contributed by atoms with van der Waals surface area (Å²) in [6, 6.07) is 17.6. The summed E-state index contributed by atoms with van der Waals surface area (Å²) in [6.07, 6.45) is 4.22. The Morgan fingerprint density at radius 1 is 1.13 bits per heavy atom. The lowest BCUT2D eigenvalue weighted by atomic mass is 9.99. The van der Waals surface area contributed by atoms with Crippen LogP contribution in [0.3, 0.4) is 0 Å². The molecule has 0 unspecified atom stereocenters. The second-order valence-corrected chi connectivity index (χ2v) is 7.41. The van der Waals surface area contributed by atoms with E-state index in [1.165, 1.54) is 0 Å². The molecule has 0 bridgehead atoms. The maximum atomic E-state index is 12.2. The van der Waals surface area contributed by atoms with Crippen LogP contribution < -0.4 is 5.32 Å². The molecule has 0 aliphatic carbocycles. The Bertz CT molecular complexity index is 1050. The predicted molar refractivity (Wildman–Crippen MR) is 124 cm³/mol. The lowest BCUT2D eigenvalue weighted by Gasteiger charge is -2.15. The summed E-state index contributed by atoms with van der Waals surface area (Å²) < 4.78 is 0. The summed E-state index contributed by atoms with van der Waals surface area (Å²) in [5.41, 5.74) is 5.85. The smallest absolute Gasteiger partial charge is 0.241 e. The largest absolute Gasteiger partial charge is 0.508 e. The van der Waals surface area contributed by atoms with E-state index in [2.05, 4.69) is 15.4 Å². The quantitative estimate of drug-likeness (QED) is 0.430. The molecule has 0 fully saturated rings. The molecule has 3 aromatic rings. The number of pyridine rings is 1. The molecule has 3 rings (SSSR count). The summed E-state index contributed by atoms with van der Waals surface area (Å²) in [5, 5.41) is 18.9. The number of rotatable bonds is 8. The molecule has 0 atom stereocenters. The van der Waals surface area contributed by atoms with Crippen molar-refractivity contribution in [3.05, 3.63) is 83.7 Å². The first-order valence-corrected chi connectivity index (χ1v) is 10.3. The number of nitrogens with zero attached hydrogens (tertiary/aromatic N) is 3. The van der Waals surface area contributed by atoms with Crippen molar-refractivity contribution >= 4 is 11.6 Å². The zero-order chi connectivity index (χ0) is 22.2. The third kappa shape index (κ3) is 6.15. The van der Waals surface area contributed by atoms with Gasteiger partial charge in [0.25, 0.3) is 0 Å². The minimum absolute atomic E-state index is 0.0997. The fraction of sp³-hybridized carbons (Fsp3) is 0.240. The summed E-state index contributed by atoms with van der Waals surface area (Å²) >= 11 is 0. The van der Waals surface area contributed by atoms with Crippen molar-refractivity contribution in [3.8, 4) is 16.9 Å². The molecule has 1 amide bonds. The van der Waals surface area contributed by atoms with Gasteiger partial charge in [-0.2, -0.15) is 5.10 Å². The van der Waals surface area contributed by atoms with E-state index in [9.17, 15) is 9.90 Å². The number of hydrazone groups is 1. The van der Waals surface area contributed by atoms with Crippen LogP contribution in [0.15, 0.2) is 72.1 Å². The number of hydrogen-bond acceptors (Lipinski definition) is 5. The number of carbonyl (C=O) groups is 1. The molecule has 6 heteroatoms. The molecule has 6 nitrogen and oxygen atoms in total. The van der Waals surface area contributed by atoms with E-state index in [1.54, 1.807) is 30.5 Å². The molecule has 160 valence electrons. The third-order valence-electron chi connectivity index (χ3n) is 5.00. The van der Waals surface area contributed by atoms with E-state index in [4.69, 9.17) is 0 Å². The fourth-order valence-electron chi connectivity index (χ4n) is 3.27. The lowest BCUT2D eigenvalue weighted by Crippen LogP contribution is -2.33. The number of hydrogen-bond donors (Lipinski definition) is 2. The fourth-order valence-corrected chi connectivity index (χ4v) is 3.27. The molecule has 0 radical (unpaired) electrons. The Morgan fingerprint density at radius 3 is 2.55 bits per heavy atom. The van der Waals surface area contributed by atoms with Crippen molar-refractivity contribution in [2.24, 2.45) is 5.10 Å². The third-order valence-corrected chi connectivity index (χ3v) is 5.00. The Morgan fingerprint density at radius 2 is 1.87 bits per heavy atom. The second kappa shape index (κ2) is 10.4.